The molecule has 0 saturated heterocycles. The first-order valence-electron chi connectivity index (χ1n) is 4.29. The van der Waals surface area contributed by atoms with Crippen molar-refractivity contribution in [3.63, 3.8) is 0 Å². The molecule has 0 aromatic rings. The van der Waals surface area contributed by atoms with Gasteiger partial charge in [-0.1, -0.05) is 0 Å². The lowest BCUT2D eigenvalue weighted by molar-refractivity contribution is -0.279. The van der Waals surface area contributed by atoms with E-state index in [1.165, 1.54) is 12.2 Å². The Balaban J connectivity index is 5.28. The van der Waals surface area contributed by atoms with Crippen LogP contribution in [0.1, 0.15) is 13.8 Å². The zero-order valence-corrected chi connectivity index (χ0v) is 8.97. The highest BCUT2D eigenvalue weighted by Crippen LogP contribution is 2.32. The molecular weight excluding hydrogens is 231 g/mol. The highest BCUT2D eigenvalue weighted by Gasteiger charge is 2.64. The van der Waals surface area contributed by atoms with Gasteiger partial charge in [0.2, 0.25) is 5.91 Å². The number of methoxy groups -OCH3 is 1. The number of halogens is 3. The molecule has 1 N–H and O–H groups in total. The average molecular weight is 243 g/mol. The average Bonchev–Trinajstić information content (AvgIpc) is 2.12. The van der Waals surface area contributed by atoms with E-state index in [9.17, 15) is 22.8 Å². The molecule has 0 fully saturated rings. The van der Waals surface area contributed by atoms with Crippen molar-refractivity contribution in [2.45, 2.75) is 25.7 Å². The number of carbonyl (C=O) groups is 2. The number of amides is 1. The summed E-state index contributed by atoms with van der Waals surface area (Å²) < 4.78 is 46.3. The summed E-state index contributed by atoms with van der Waals surface area (Å²) in [6, 6.07) is 0. The lowest BCUT2D eigenvalue weighted by atomic mass is 10.2. The molecule has 0 saturated carbocycles. The third-order valence-electron chi connectivity index (χ3n) is 1.62. The van der Waals surface area contributed by atoms with E-state index in [2.05, 4.69) is 9.47 Å². The smallest absolute Gasteiger partial charge is 0.448 e. The van der Waals surface area contributed by atoms with Crippen LogP contribution < -0.4 is 5.32 Å². The lowest BCUT2D eigenvalue weighted by Gasteiger charge is -2.31. The molecule has 94 valence electrons. The van der Waals surface area contributed by atoms with E-state index >= 15 is 0 Å². The lowest BCUT2D eigenvalue weighted by Crippen LogP contribution is -2.65. The van der Waals surface area contributed by atoms with E-state index in [4.69, 9.17) is 0 Å². The Morgan fingerprint density at radius 3 is 2.06 bits per heavy atom. The zero-order chi connectivity index (χ0) is 13.0. The fraction of sp³-hybridized carbons (Fsp3) is 0.750. The maximum absolute atomic E-state index is 12.7. The predicted molar refractivity (Wildman–Crippen MR) is 46.2 cm³/mol. The fourth-order valence-corrected chi connectivity index (χ4v) is 0.968. The Bertz CT molecular complexity index is 279. The highest BCUT2D eigenvalue weighted by atomic mass is 19.4. The molecule has 0 aliphatic carbocycles. The van der Waals surface area contributed by atoms with Crippen LogP contribution in [0.25, 0.3) is 0 Å². The number of hydrogen-bond donors (Lipinski definition) is 1. The Morgan fingerprint density at radius 2 is 1.81 bits per heavy atom. The van der Waals surface area contributed by atoms with Gasteiger partial charge < -0.3 is 14.8 Å². The second-order valence-corrected chi connectivity index (χ2v) is 2.78. The molecule has 0 aromatic heterocycles. The molecular formula is C8H12F3NO4. The van der Waals surface area contributed by atoms with Crippen molar-refractivity contribution in [3.8, 4) is 0 Å². The first-order valence-corrected chi connectivity index (χ1v) is 4.29. The predicted octanol–water partition coefficient (Wildman–Crippen LogP) is 0.591. The molecule has 0 rings (SSSR count). The van der Waals surface area contributed by atoms with Crippen molar-refractivity contribution in [1.82, 2.24) is 5.32 Å². The van der Waals surface area contributed by atoms with Gasteiger partial charge in [0.1, 0.15) is 0 Å². The molecule has 0 unspecified atom stereocenters. The van der Waals surface area contributed by atoms with E-state index in [0.29, 0.717) is 7.11 Å². The number of alkyl halides is 3. The largest absolute Gasteiger partial charge is 0.462 e. The first-order chi connectivity index (χ1) is 7.21. The summed E-state index contributed by atoms with van der Waals surface area (Å²) in [5.41, 5.74) is -3.45. The summed E-state index contributed by atoms with van der Waals surface area (Å²) in [6.07, 6.45) is -5.11. The topological polar surface area (TPSA) is 64.6 Å². The van der Waals surface area contributed by atoms with Gasteiger partial charge in [-0.05, 0) is 6.92 Å². The van der Waals surface area contributed by atoms with Crippen LogP contribution in [0.15, 0.2) is 0 Å². The van der Waals surface area contributed by atoms with Crippen LogP contribution in [0, 0.1) is 0 Å². The van der Waals surface area contributed by atoms with Gasteiger partial charge in [-0.15, -0.1) is 0 Å². The van der Waals surface area contributed by atoms with E-state index in [0.717, 1.165) is 6.92 Å². The Labute approximate surface area is 89.9 Å². The molecule has 1 amide bonds. The van der Waals surface area contributed by atoms with E-state index in [1.54, 1.807) is 0 Å². The Kier molecular flexibility index (Phi) is 4.73. The van der Waals surface area contributed by atoms with Crippen LogP contribution in [0.5, 0.6) is 0 Å². The summed E-state index contributed by atoms with van der Waals surface area (Å²) in [5.74, 6) is -2.77. The molecule has 0 aliphatic rings. The minimum Gasteiger partial charge on any atom is -0.462 e. The molecule has 8 heteroatoms. The second kappa shape index (κ2) is 5.15. The summed E-state index contributed by atoms with van der Waals surface area (Å²) in [5, 5.41) is 1.41. The minimum absolute atomic E-state index is 0.264. The van der Waals surface area contributed by atoms with Gasteiger partial charge in [-0.25, -0.2) is 4.79 Å². The number of carbonyl (C=O) groups excluding carboxylic acids is 2. The molecule has 0 heterocycles. The van der Waals surface area contributed by atoms with Crippen LogP contribution in [-0.4, -0.2) is 37.5 Å². The maximum atomic E-state index is 12.7. The minimum atomic E-state index is -5.11. The van der Waals surface area contributed by atoms with Crippen LogP contribution in [0.3, 0.4) is 0 Å². The van der Waals surface area contributed by atoms with Crippen molar-refractivity contribution in [1.29, 1.82) is 0 Å². The van der Waals surface area contributed by atoms with Gasteiger partial charge >= 0.3 is 17.9 Å². The summed E-state index contributed by atoms with van der Waals surface area (Å²) >= 11 is 0. The van der Waals surface area contributed by atoms with Crippen molar-refractivity contribution in [2.24, 2.45) is 0 Å². The molecule has 0 aliphatic heterocycles. The Hall–Kier alpha value is -1.31. The highest BCUT2D eigenvalue weighted by molar-refractivity contribution is 5.86. The zero-order valence-electron chi connectivity index (χ0n) is 8.97. The molecule has 0 aromatic carbocycles. The normalized spacial score (nSPS) is 15.1. The van der Waals surface area contributed by atoms with Gasteiger partial charge in [0.25, 0.3) is 0 Å². The van der Waals surface area contributed by atoms with E-state index < -0.39 is 23.8 Å². The quantitative estimate of drug-likeness (QED) is 0.579. The molecule has 0 radical (unpaired) electrons. The third-order valence-corrected chi connectivity index (χ3v) is 1.62. The maximum Gasteiger partial charge on any atom is 0.448 e. The summed E-state index contributed by atoms with van der Waals surface area (Å²) in [6.45, 7) is 1.90. The van der Waals surface area contributed by atoms with Crippen molar-refractivity contribution in [2.75, 3.05) is 13.7 Å². The monoisotopic (exact) mass is 243 g/mol. The van der Waals surface area contributed by atoms with Gasteiger partial charge in [-0.2, -0.15) is 13.2 Å². The van der Waals surface area contributed by atoms with Crippen molar-refractivity contribution < 1.29 is 32.2 Å². The Morgan fingerprint density at radius 1 is 1.31 bits per heavy atom. The van der Waals surface area contributed by atoms with Gasteiger partial charge in [0.05, 0.1) is 6.61 Å². The number of rotatable bonds is 4. The third kappa shape index (κ3) is 2.84. The van der Waals surface area contributed by atoms with Crippen LogP contribution in [0.2, 0.25) is 0 Å². The SMILES string of the molecule is CCOC(=O)[C@](NC(C)=O)(OC)C(F)(F)F. The standard InChI is InChI=1S/C8H12F3NO4/c1-4-16-6(14)7(15-3,8(9,10)11)12-5(2)13/h4H2,1-3H3,(H,12,13)/t7-/m0/s1. The molecule has 0 bridgehead atoms. The van der Waals surface area contributed by atoms with E-state index in [-0.39, 0.29) is 6.61 Å². The number of nitrogens with one attached hydrogen (secondary N) is 1. The summed E-state index contributed by atoms with van der Waals surface area (Å²) in [4.78, 5) is 21.9. The van der Waals surface area contributed by atoms with Gasteiger partial charge in [-0.3, -0.25) is 4.79 Å². The second-order valence-electron chi connectivity index (χ2n) is 2.78. The van der Waals surface area contributed by atoms with E-state index in [1.807, 2.05) is 0 Å². The summed E-state index contributed by atoms with van der Waals surface area (Å²) in [7, 11) is 0.653. The molecule has 0 spiro atoms. The van der Waals surface area contributed by atoms with Crippen LogP contribution >= 0.6 is 0 Å². The number of esters is 1. The van der Waals surface area contributed by atoms with Gasteiger partial charge in [0.15, 0.2) is 0 Å². The van der Waals surface area contributed by atoms with Crippen molar-refractivity contribution in [3.05, 3.63) is 0 Å². The molecule has 5 nitrogen and oxygen atoms in total. The van der Waals surface area contributed by atoms with Crippen LogP contribution in [0.4, 0.5) is 13.2 Å². The fourth-order valence-electron chi connectivity index (χ4n) is 0.968. The number of hydrogen-bond acceptors (Lipinski definition) is 4. The first kappa shape index (κ1) is 14.7. The molecule has 16 heavy (non-hydrogen) atoms. The van der Waals surface area contributed by atoms with Crippen molar-refractivity contribution >= 4 is 11.9 Å². The molecule has 1 atom stereocenters. The van der Waals surface area contributed by atoms with Crippen LogP contribution in [-0.2, 0) is 19.1 Å². The number of ether oxygens (including phenoxy) is 2. The van der Waals surface area contributed by atoms with Gasteiger partial charge in [0, 0.05) is 14.0 Å².